The fourth-order valence-electron chi connectivity index (χ4n) is 2.72. The van der Waals surface area contributed by atoms with Crippen LogP contribution in [0, 0.1) is 0 Å². The molecule has 6 heteroatoms. The van der Waals surface area contributed by atoms with Crippen LogP contribution in [0.3, 0.4) is 0 Å². The molecule has 1 aromatic rings. The van der Waals surface area contributed by atoms with Crippen LogP contribution < -0.4 is 5.32 Å². The zero-order chi connectivity index (χ0) is 15.6. The monoisotopic (exact) mass is 310 g/mol. The van der Waals surface area contributed by atoms with Gasteiger partial charge in [-0.05, 0) is 31.5 Å². The van der Waals surface area contributed by atoms with E-state index in [4.69, 9.17) is 0 Å². The Labute approximate surface area is 126 Å². The Morgan fingerprint density at radius 1 is 1.19 bits per heavy atom. The molecular weight excluding hydrogens is 288 g/mol. The first-order valence-electron chi connectivity index (χ1n) is 7.06. The predicted molar refractivity (Wildman–Crippen MR) is 83.0 cm³/mol. The minimum absolute atomic E-state index is 0.00102. The molecule has 2 atom stereocenters. The molecule has 2 rings (SSSR count). The number of piperazine rings is 1. The van der Waals surface area contributed by atoms with Crippen molar-refractivity contribution in [3.05, 3.63) is 35.4 Å². The van der Waals surface area contributed by atoms with Crippen LogP contribution in [0.25, 0.3) is 0 Å². The van der Waals surface area contributed by atoms with E-state index in [1.807, 2.05) is 4.90 Å². The van der Waals surface area contributed by atoms with Crippen LogP contribution >= 0.6 is 0 Å². The molecule has 0 spiro atoms. The summed E-state index contributed by atoms with van der Waals surface area (Å²) in [5, 5.41) is 3.39. The maximum absolute atomic E-state index is 12.5. The number of carbonyl (C=O) groups is 1. The first kappa shape index (κ1) is 16.0. The van der Waals surface area contributed by atoms with Crippen LogP contribution in [0.5, 0.6) is 0 Å². The van der Waals surface area contributed by atoms with Gasteiger partial charge in [0.1, 0.15) is 0 Å². The summed E-state index contributed by atoms with van der Waals surface area (Å²) in [5.74, 6) is 0.00417. The number of carbonyl (C=O) groups excluding carboxylic acids is 1. The molecule has 1 heterocycles. The summed E-state index contributed by atoms with van der Waals surface area (Å²) in [7, 11) is -3.05. The van der Waals surface area contributed by atoms with Gasteiger partial charge in [-0.2, -0.15) is 0 Å². The highest BCUT2D eigenvalue weighted by atomic mass is 32.2. The molecule has 116 valence electrons. The van der Waals surface area contributed by atoms with Crippen LogP contribution in [-0.4, -0.2) is 50.7 Å². The lowest BCUT2D eigenvalue weighted by Gasteiger charge is -2.36. The van der Waals surface area contributed by atoms with Gasteiger partial charge >= 0.3 is 0 Å². The van der Waals surface area contributed by atoms with Crippen molar-refractivity contribution in [1.82, 2.24) is 10.2 Å². The molecule has 0 bridgehead atoms. The number of nitrogens with one attached hydrogen (secondary N) is 1. The van der Waals surface area contributed by atoms with Crippen LogP contribution in [0.15, 0.2) is 24.3 Å². The molecule has 1 saturated heterocycles. The second-order valence-electron chi connectivity index (χ2n) is 5.95. The van der Waals surface area contributed by atoms with Gasteiger partial charge in [-0.1, -0.05) is 12.1 Å². The Kier molecular flexibility index (Phi) is 4.68. The average Bonchev–Trinajstić information content (AvgIpc) is 2.35. The third-order valence-electron chi connectivity index (χ3n) is 3.47. The second kappa shape index (κ2) is 6.15. The molecule has 1 N–H and O–H groups in total. The van der Waals surface area contributed by atoms with Crippen molar-refractivity contribution in [2.45, 2.75) is 31.7 Å². The summed E-state index contributed by atoms with van der Waals surface area (Å²) in [4.78, 5) is 14.3. The average molecular weight is 310 g/mol. The van der Waals surface area contributed by atoms with Crippen molar-refractivity contribution in [2.75, 3.05) is 19.3 Å². The van der Waals surface area contributed by atoms with Gasteiger partial charge < -0.3 is 10.2 Å². The molecule has 0 saturated carbocycles. The van der Waals surface area contributed by atoms with E-state index < -0.39 is 9.84 Å². The normalized spacial score (nSPS) is 23.1. The molecular formula is C15H22N2O3S. The van der Waals surface area contributed by atoms with Crippen LogP contribution in [0.2, 0.25) is 0 Å². The highest BCUT2D eigenvalue weighted by Crippen LogP contribution is 2.13. The summed E-state index contributed by atoms with van der Waals surface area (Å²) in [6.07, 6.45) is 1.20. The molecule has 1 fully saturated rings. The number of sulfone groups is 1. The van der Waals surface area contributed by atoms with Crippen LogP contribution in [0.1, 0.15) is 29.8 Å². The Bertz CT molecular complexity index is 600. The van der Waals surface area contributed by atoms with Gasteiger partial charge in [0.05, 0.1) is 5.75 Å². The fourth-order valence-corrected chi connectivity index (χ4v) is 3.52. The highest BCUT2D eigenvalue weighted by molar-refractivity contribution is 7.89. The summed E-state index contributed by atoms with van der Waals surface area (Å²) in [6.45, 7) is 5.50. The topological polar surface area (TPSA) is 66.5 Å². The molecule has 1 aliphatic heterocycles. The van der Waals surface area contributed by atoms with E-state index in [0.717, 1.165) is 0 Å². The maximum atomic E-state index is 12.5. The maximum Gasteiger partial charge on any atom is 0.253 e. The molecule has 21 heavy (non-hydrogen) atoms. The van der Waals surface area contributed by atoms with Gasteiger partial charge in [-0.3, -0.25) is 4.79 Å². The Hall–Kier alpha value is -1.40. The first-order chi connectivity index (χ1) is 9.74. The summed E-state index contributed by atoms with van der Waals surface area (Å²) in [5.41, 5.74) is 1.31. The smallest absolute Gasteiger partial charge is 0.253 e. The highest BCUT2D eigenvalue weighted by Gasteiger charge is 2.25. The third kappa shape index (κ3) is 4.54. The van der Waals surface area contributed by atoms with Gasteiger partial charge in [0, 0.05) is 37.0 Å². The van der Waals surface area contributed by atoms with Crippen molar-refractivity contribution < 1.29 is 13.2 Å². The van der Waals surface area contributed by atoms with Gasteiger partial charge in [-0.25, -0.2) is 8.42 Å². The third-order valence-corrected chi connectivity index (χ3v) is 4.33. The molecule has 1 amide bonds. The number of hydrogen-bond acceptors (Lipinski definition) is 4. The number of rotatable bonds is 3. The van der Waals surface area contributed by atoms with Gasteiger partial charge in [0.15, 0.2) is 9.84 Å². The predicted octanol–water partition coefficient (Wildman–Crippen LogP) is 1.05. The van der Waals surface area contributed by atoms with E-state index in [1.54, 1.807) is 24.3 Å². The standard InChI is InChI=1S/C15H22N2O3S/c1-11-8-17(9-12(2)16-11)15(18)14-6-4-13(5-7-14)10-21(3,19)20/h4-7,11-12,16H,8-10H2,1-3H3/t11-,12-/m1/s1. The van der Waals surface area contributed by atoms with E-state index >= 15 is 0 Å². The molecule has 0 unspecified atom stereocenters. The zero-order valence-corrected chi connectivity index (χ0v) is 13.5. The summed E-state index contributed by atoms with van der Waals surface area (Å²) in [6, 6.07) is 7.40. The van der Waals surface area contributed by atoms with Crippen LogP contribution in [0.4, 0.5) is 0 Å². The minimum atomic E-state index is -3.05. The largest absolute Gasteiger partial charge is 0.336 e. The number of nitrogens with zero attached hydrogens (tertiary/aromatic N) is 1. The van der Waals surface area contributed by atoms with Crippen molar-refractivity contribution in [3.63, 3.8) is 0 Å². The Morgan fingerprint density at radius 2 is 1.71 bits per heavy atom. The number of hydrogen-bond donors (Lipinski definition) is 1. The Balaban J connectivity index is 2.09. The minimum Gasteiger partial charge on any atom is -0.336 e. The van der Waals surface area contributed by atoms with E-state index in [9.17, 15) is 13.2 Å². The number of amides is 1. The SMILES string of the molecule is C[C@@H]1CN(C(=O)c2ccc(CS(C)(=O)=O)cc2)C[C@@H](C)N1. The van der Waals surface area contributed by atoms with Gasteiger partial charge in [0.2, 0.25) is 0 Å². The Morgan fingerprint density at radius 3 is 2.19 bits per heavy atom. The number of benzene rings is 1. The molecule has 0 aromatic heterocycles. The van der Waals surface area contributed by atoms with Crippen molar-refractivity contribution in [3.8, 4) is 0 Å². The first-order valence-corrected chi connectivity index (χ1v) is 9.12. The van der Waals surface area contributed by atoms with E-state index in [2.05, 4.69) is 19.2 Å². The molecule has 0 radical (unpaired) electrons. The lowest BCUT2D eigenvalue weighted by Crippen LogP contribution is -2.55. The van der Waals surface area contributed by atoms with E-state index in [1.165, 1.54) is 6.26 Å². The molecule has 1 aromatic carbocycles. The zero-order valence-electron chi connectivity index (χ0n) is 12.7. The van der Waals surface area contributed by atoms with Crippen molar-refractivity contribution >= 4 is 15.7 Å². The molecule has 0 aliphatic carbocycles. The molecule has 5 nitrogen and oxygen atoms in total. The fraction of sp³-hybridized carbons (Fsp3) is 0.533. The second-order valence-corrected chi connectivity index (χ2v) is 8.09. The van der Waals surface area contributed by atoms with Crippen molar-refractivity contribution in [2.24, 2.45) is 0 Å². The van der Waals surface area contributed by atoms with E-state index in [-0.39, 0.29) is 23.7 Å². The lowest BCUT2D eigenvalue weighted by molar-refractivity contribution is 0.0674. The van der Waals surface area contributed by atoms with Gasteiger partial charge in [0.25, 0.3) is 5.91 Å². The van der Waals surface area contributed by atoms with Crippen LogP contribution in [-0.2, 0) is 15.6 Å². The quantitative estimate of drug-likeness (QED) is 0.906. The van der Waals surface area contributed by atoms with Gasteiger partial charge in [-0.15, -0.1) is 0 Å². The summed E-state index contributed by atoms with van der Waals surface area (Å²) < 4.78 is 22.5. The summed E-state index contributed by atoms with van der Waals surface area (Å²) >= 11 is 0. The molecule has 1 aliphatic rings. The lowest BCUT2D eigenvalue weighted by atomic mass is 10.1. The van der Waals surface area contributed by atoms with Crippen molar-refractivity contribution in [1.29, 1.82) is 0 Å². The van der Waals surface area contributed by atoms with E-state index in [0.29, 0.717) is 24.2 Å².